The average molecular weight is 274 g/mol. The van der Waals surface area contributed by atoms with Crippen LogP contribution in [0.4, 0.5) is 0 Å². The van der Waals surface area contributed by atoms with Crippen molar-refractivity contribution >= 4 is 0 Å². The van der Waals surface area contributed by atoms with Gasteiger partial charge in [0.1, 0.15) is 17.8 Å². The molecule has 108 valence electrons. The third-order valence-electron chi connectivity index (χ3n) is 3.33. The Bertz CT molecular complexity index is 538. The molecule has 1 aromatic carbocycles. The summed E-state index contributed by atoms with van der Waals surface area (Å²) in [5.74, 6) is 1.23. The zero-order valence-corrected chi connectivity index (χ0v) is 12.0. The molecule has 0 spiro atoms. The molecule has 2 aromatic rings. The van der Waals surface area contributed by atoms with Crippen molar-refractivity contribution in [3.05, 3.63) is 48.0 Å². The first-order chi connectivity index (χ1) is 9.55. The molecular formula is C15H22N4O. The van der Waals surface area contributed by atoms with E-state index in [4.69, 9.17) is 5.73 Å². The summed E-state index contributed by atoms with van der Waals surface area (Å²) in [5.41, 5.74) is 5.50. The Labute approximate surface area is 119 Å². The van der Waals surface area contributed by atoms with Crippen LogP contribution in [-0.4, -0.2) is 26.4 Å². The Kier molecular flexibility index (Phi) is 4.52. The monoisotopic (exact) mass is 274 g/mol. The van der Waals surface area contributed by atoms with Gasteiger partial charge in [0, 0.05) is 19.5 Å². The first-order valence-electron chi connectivity index (χ1n) is 6.90. The summed E-state index contributed by atoms with van der Waals surface area (Å²) < 4.78 is 1.84. The van der Waals surface area contributed by atoms with E-state index in [-0.39, 0.29) is 6.54 Å². The number of nitrogens with zero attached hydrogens (tertiary/aromatic N) is 3. The fourth-order valence-electron chi connectivity index (χ4n) is 2.23. The van der Waals surface area contributed by atoms with Gasteiger partial charge in [0.05, 0.1) is 0 Å². The van der Waals surface area contributed by atoms with E-state index < -0.39 is 5.60 Å². The number of hydrogen-bond acceptors (Lipinski definition) is 4. The van der Waals surface area contributed by atoms with Crippen LogP contribution in [0, 0.1) is 5.92 Å². The lowest BCUT2D eigenvalue weighted by atomic mass is 9.90. The normalized spacial score (nSPS) is 14.4. The maximum absolute atomic E-state index is 10.8. The molecule has 5 nitrogen and oxygen atoms in total. The van der Waals surface area contributed by atoms with Crippen LogP contribution >= 0.6 is 0 Å². The van der Waals surface area contributed by atoms with Crippen LogP contribution in [0.3, 0.4) is 0 Å². The standard InChI is InChI=1S/C15H22N4O/c1-12(2)9-19-14(17-11-18-19)8-15(20,10-16)13-6-4-3-5-7-13/h3-7,11-12,20H,8-10,16H2,1-2H3. The maximum Gasteiger partial charge on any atom is 0.138 e. The van der Waals surface area contributed by atoms with E-state index in [1.165, 1.54) is 6.33 Å². The maximum atomic E-state index is 10.8. The lowest BCUT2D eigenvalue weighted by Crippen LogP contribution is -2.38. The average Bonchev–Trinajstić information content (AvgIpc) is 2.86. The lowest BCUT2D eigenvalue weighted by Gasteiger charge is -2.27. The van der Waals surface area contributed by atoms with Gasteiger partial charge in [-0.3, -0.25) is 0 Å². The van der Waals surface area contributed by atoms with Gasteiger partial charge in [0.25, 0.3) is 0 Å². The quantitative estimate of drug-likeness (QED) is 0.833. The fraction of sp³-hybridized carbons (Fsp3) is 0.467. The Hall–Kier alpha value is -1.72. The van der Waals surface area contributed by atoms with Gasteiger partial charge < -0.3 is 10.8 Å². The highest BCUT2D eigenvalue weighted by atomic mass is 16.3. The second-order valence-corrected chi connectivity index (χ2v) is 5.53. The highest BCUT2D eigenvalue weighted by Gasteiger charge is 2.30. The van der Waals surface area contributed by atoms with E-state index in [2.05, 4.69) is 23.9 Å². The fourth-order valence-corrected chi connectivity index (χ4v) is 2.23. The molecule has 20 heavy (non-hydrogen) atoms. The van der Waals surface area contributed by atoms with Crippen molar-refractivity contribution in [1.29, 1.82) is 0 Å². The minimum atomic E-state index is -1.11. The Balaban J connectivity index is 2.25. The van der Waals surface area contributed by atoms with E-state index in [1.54, 1.807) is 0 Å². The second-order valence-electron chi connectivity index (χ2n) is 5.53. The highest BCUT2D eigenvalue weighted by molar-refractivity contribution is 5.24. The molecule has 0 radical (unpaired) electrons. The largest absolute Gasteiger partial charge is 0.383 e. The van der Waals surface area contributed by atoms with Crippen LogP contribution in [0.25, 0.3) is 0 Å². The molecule has 0 fully saturated rings. The van der Waals surface area contributed by atoms with Crippen molar-refractivity contribution < 1.29 is 5.11 Å². The summed E-state index contributed by atoms with van der Waals surface area (Å²) in [6.45, 7) is 5.17. The van der Waals surface area contributed by atoms with Crippen molar-refractivity contribution in [3.8, 4) is 0 Å². The molecule has 1 aromatic heterocycles. The van der Waals surface area contributed by atoms with Gasteiger partial charge >= 0.3 is 0 Å². The number of benzene rings is 1. The molecule has 0 bridgehead atoms. The number of hydrogen-bond donors (Lipinski definition) is 2. The van der Waals surface area contributed by atoms with E-state index in [0.29, 0.717) is 12.3 Å². The molecule has 1 atom stereocenters. The van der Waals surface area contributed by atoms with Crippen molar-refractivity contribution in [2.75, 3.05) is 6.54 Å². The Morgan fingerprint density at radius 1 is 1.30 bits per heavy atom. The Morgan fingerprint density at radius 2 is 2.00 bits per heavy atom. The number of aromatic nitrogens is 3. The van der Waals surface area contributed by atoms with Gasteiger partial charge in [0.2, 0.25) is 0 Å². The topological polar surface area (TPSA) is 77.0 Å². The van der Waals surface area contributed by atoms with Crippen LogP contribution in [-0.2, 0) is 18.6 Å². The van der Waals surface area contributed by atoms with Crippen LogP contribution in [0.15, 0.2) is 36.7 Å². The zero-order chi connectivity index (χ0) is 14.6. The third-order valence-corrected chi connectivity index (χ3v) is 3.33. The van der Waals surface area contributed by atoms with Gasteiger partial charge in [-0.25, -0.2) is 9.67 Å². The highest BCUT2D eigenvalue weighted by Crippen LogP contribution is 2.24. The number of aliphatic hydroxyl groups is 1. The van der Waals surface area contributed by atoms with Crippen molar-refractivity contribution in [3.63, 3.8) is 0 Å². The van der Waals surface area contributed by atoms with E-state index in [9.17, 15) is 5.11 Å². The molecule has 1 heterocycles. The van der Waals surface area contributed by atoms with Crippen molar-refractivity contribution in [1.82, 2.24) is 14.8 Å². The zero-order valence-electron chi connectivity index (χ0n) is 12.0. The van der Waals surface area contributed by atoms with E-state index in [1.807, 2.05) is 35.0 Å². The van der Waals surface area contributed by atoms with Crippen molar-refractivity contribution in [2.24, 2.45) is 11.7 Å². The molecule has 3 N–H and O–H groups in total. The van der Waals surface area contributed by atoms with E-state index in [0.717, 1.165) is 17.9 Å². The SMILES string of the molecule is CC(C)Cn1ncnc1CC(O)(CN)c1ccccc1. The van der Waals surface area contributed by atoms with Crippen LogP contribution in [0.1, 0.15) is 25.2 Å². The molecule has 0 saturated heterocycles. The molecule has 0 saturated carbocycles. The number of nitrogens with two attached hydrogens (primary N) is 1. The first kappa shape index (κ1) is 14.7. The summed E-state index contributed by atoms with van der Waals surface area (Å²) in [7, 11) is 0. The summed E-state index contributed by atoms with van der Waals surface area (Å²) in [6.07, 6.45) is 1.89. The smallest absolute Gasteiger partial charge is 0.138 e. The molecule has 0 aliphatic carbocycles. The molecule has 0 amide bonds. The van der Waals surface area contributed by atoms with Crippen molar-refractivity contribution in [2.45, 2.75) is 32.4 Å². The molecular weight excluding hydrogens is 252 g/mol. The summed E-state index contributed by atoms with van der Waals surface area (Å²) in [4.78, 5) is 4.26. The predicted molar refractivity (Wildman–Crippen MR) is 78.0 cm³/mol. The summed E-state index contributed by atoms with van der Waals surface area (Å²) in [5, 5.41) is 15.0. The molecule has 2 rings (SSSR count). The lowest BCUT2D eigenvalue weighted by molar-refractivity contribution is 0.0428. The van der Waals surface area contributed by atoms with Crippen LogP contribution in [0.2, 0.25) is 0 Å². The third kappa shape index (κ3) is 3.23. The summed E-state index contributed by atoms with van der Waals surface area (Å²) >= 11 is 0. The minimum absolute atomic E-state index is 0.144. The first-order valence-corrected chi connectivity index (χ1v) is 6.90. The molecule has 0 aliphatic rings. The van der Waals surface area contributed by atoms with Crippen LogP contribution < -0.4 is 5.73 Å². The molecule has 5 heteroatoms. The Morgan fingerprint density at radius 3 is 2.60 bits per heavy atom. The van der Waals surface area contributed by atoms with Gasteiger partial charge in [-0.1, -0.05) is 44.2 Å². The van der Waals surface area contributed by atoms with E-state index >= 15 is 0 Å². The number of rotatable bonds is 6. The van der Waals surface area contributed by atoms with Gasteiger partial charge in [-0.2, -0.15) is 5.10 Å². The van der Waals surface area contributed by atoms with Gasteiger partial charge in [-0.05, 0) is 11.5 Å². The van der Waals surface area contributed by atoms with Gasteiger partial charge in [0.15, 0.2) is 0 Å². The molecule has 1 unspecified atom stereocenters. The second kappa shape index (κ2) is 6.15. The predicted octanol–water partition coefficient (Wildman–Crippen LogP) is 1.32. The minimum Gasteiger partial charge on any atom is -0.383 e. The summed E-state index contributed by atoms with van der Waals surface area (Å²) in [6, 6.07) is 9.48. The van der Waals surface area contributed by atoms with Gasteiger partial charge in [-0.15, -0.1) is 0 Å². The van der Waals surface area contributed by atoms with Crippen LogP contribution in [0.5, 0.6) is 0 Å². The molecule has 0 aliphatic heterocycles.